The van der Waals surface area contributed by atoms with Crippen LogP contribution in [0.5, 0.6) is 11.5 Å². The number of benzene rings is 1. The lowest BCUT2D eigenvalue weighted by Gasteiger charge is -2.15. The van der Waals surface area contributed by atoms with Crippen LogP contribution in [0.3, 0.4) is 0 Å². The number of rotatable bonds is 5. The highest BCUT2D eigenvalue weighted by Gasteiger charge is 2.47. The first-order valence-corrected chi connectivity index (χ1v) is 5.83. The van der Waals surface area contributed by atoms with Crippen LogP contribution in [0.1, 0.15) is 25.3 Å². The number of ether oxygens (including phenoxy) is 2. The highest BCUT2D eigenvalue weighted by molar-refractivity contribution is 5.85. The van der Waals surface area contributed by atoms with Crippen molar-refractivity contribution in [3.8, 4) is 11.5 Å². The molecule has 0 aliphatic heterocycles. The minimum atomic E-state index is -0.139. The molecule has 1 aliphatic rings. The maximum absolute atomic E-state index is 11.6. The molecule has 1 aromatic rings. The quantitative estimate of drug-likeness (QED) is 0.785. The fourth-order valence-electron chi connectivity index (χ4n) is 2.19. The molecule has 0 unspecified atom stereocenters. The van der Waals surface area contributed by atoms with E-state index in [2.05, 4.69) is 0 Å². The molecule has 1 aromatic carbocycles. The van der Waals surface area contributed by atoms with E-state index < -0.39 is 0 Å². The number of carbonyl (C=O) groups excluding carboxylic acids is 1. The second-order valence-corrected chi connectivity index (χ2v) is 4.69. The summed E-state index contributed by atoms with van der Waals surface area (Å²) in [5.41, 5.74) is 0.916. The van der Waals surface area contributed by atoms with E-state index in [0.717, 1.165) is 36.3 Å². The zero-order valence-electron chi connectivity index (χ0n) is 10.6. The first kappa shape index (κ1) is 12.0. The van der Waals surface area contributed by atoms with Crippen LogP contribution in [0.4, 0.5) is 0 Å². The Bertz CT molecular complexity index is 433. The number of carbonyl (C=O) groups is 1. The van der Waals surface area contributed by atoms with Gasteiger partial charge in [0, 0.05) is 5.41 Å². The zero-order chi connectivity index (χ0) is 12.5. The van der Waals surface area contributed by atoms with E-state index in [0.29, 0.717) is 0 Å². The van der Waals surface area contributed by atoms with E-state index in [1.54, 1.807) is 21.1 Å². The number of ketones is 1. The third-order valence-electron chi connectivity index (χ3n) is 3.62. The maximum Gasteiger partial charge on any atom is 0.136 e. The number of hydrogen-bond acceptors (Lipinski definition) is 3. The van der Waals surface area contributed by atoms with Gasteiger partial charge in [-0.15, -0.1) is 0 Å². The zero-order valence-corrected chi connectivity index (χ0v) is 10.6. The molecule has 0 radical (unpaired) electrons. The molecule has 0 heterocycles. The summed E-state index contributed by atoms with van der Waals surface area (Å²) >= 11 is 0. The Hall–Kier alpha value is -1.51. The Morgan fingerprint density at radius 1 is 1.29 bits per heavy atom. The van der Waals surface area contributed by atoms with Crippen molar-refractivity contribution in [2.45, 2.75) is 26.2 Å². The van der Waals surface area contributed by atoms with Crippen LogP contribution in [-0.2, 0) is 11.2 Å². The van der Waals surface area contributed by atoms with E-state index in [1.165, 1.54) is 0 Å². The normalized spacial score (nSPS) is 16.4. The second-order valence-electron chi connectivity index (χ2n) is 4.69. The Kier molecular flexibility index (Phi) is 3.09. The van der Waals surface area contributed by atoms with Gasteiger partial charge in [-0.05, 0) is 49.9 Å². The highest BCUT2D eigenvalue weighted by Crippen LogP contribution is 2.50. The molecular formula is C14H18O3. The summed E-state index contributed by atoms with van der Waals surface area (Å²) in [5.74, 6) is 1.92. The summed E-state index contributed by atoms with van der Waals surface area (Å²) in [4.78, 5) is 11.6. The minimum Gasteiger partial charge on any atom is -0.497 e. The first-order chi connectivity index (χ1) is 8.11. The van der Waals surface area contributed by atoms with Gasteiger partial charge in [0.05, 0.1) is 14.2 Å². The molecule has 2 rings (SSSR count). The van der Waals surface area contributed by atoms with Crippen molar-refractivity contribution in [1.29, 1.82) is 0 Å². The van der Waals surface area contributed by atoms with Gasteiger partial charge < -0.3 is 9.47 Å². The van der Waals surface area contributed by atoms with Gasteiger partial charge in [-0.25, -0.2) is 0 Å². The van der Waals surface area contributed by atoms with Crippen LogP contribution in [0.2, 0.25) is 0 Å². The minimum absolute atomic E-state index is 0.139. The molecule has 1 aliphatic carbocycles. The number of hydrogen-bond donors (Lipinski definition) is 0. The molecule has 0 atom stereocenters. The molecule has 0 bridgehead atoms. The predicted molar refractivity (Wildman–Crippen MR) is 65.6 cm³/mol. The van der Waals surface area contributed by atoms with Crippen molar-refractivity contribution in [3.05, 3.63) is 23.8 Å². The van der Waals surface area contributed by atoms with Crippen LogP contribution in [-0.4, -0.2) is 20.0 Å². The Morgan fingerprint density at radius 2 is 2.00 bits per heavy atom. The van der Waals surface area contributed by atoms with Crippen LogP contribution in [0, 0.1) is 5.41 Å². The highest BCUT2D eigenvalue weighted by atomic mass is 16.5. The van der Waals surface area contributed by atoms with Crippen LogP contribution in [0.15, 0.2) is 18.2 Å². The lowest BCUT2D eigenvalue weighted by atomic mass is 9.92. The standard InChI is InChI=1S/C14H18O3/c1-10(15)14(6-7-14)9-11-8-12(16-2)4-5-13(11)17-3/h4-5,8H,6-7,9H2,1-3H3. The first-order valence-electron chi connectivity index (χ1n) is 5.83. The molecule has 3 nitrogen and oxygen atoms in total. The second kappa shape index (κ2) is 4.40. The SMILES string of the molecule is COc1ccc(OC)c(CC2(C(C)=O)CC2)c1. The van der Waals surface area contributed by atoms with E-state index in [-0.39, 0.29) is 11.2 Å². The lowest BCUT2D eigenvalue weighted by Crippen LogP contribution is -2.15. The topological polar surface area (TPSA) is 35.5 Å². The Labute approximate surface area is 102 Å². The summed E-state index contributed by atoms with van der Waals surface area (Å²) in [6, 6.07) is 5.72. The summed E-state index contributed by atoms with van der Waals surface area (Å²) in [6.45, 7) is 1.68. The van der Waals surface area contributed by atoms with Crippen molar-refractivity contribution in [2.75, 3.05) is 14.2 Å². The summed E-state index contributed by atoms with van der Waals surface area (Å²) in [5, 5.41) is 0. The smallest absolute Gasteiger partial charge is 0.136 e. The van der Waals surface area contributed by atoms with E-state index in [1.807, 2.05) is 18.2 Å². The molecule has 0 aromatic heterocycles. The van der Waals surface area contributed by atoms with Gasteiger partial charge in [0.1, 0.15) is 17.3 Å². The van der Waals surface area contributed by atoms with Gasteiger partial charge in [-0.2, -0.15) is 0 Å². The molecule has 0 amide bonds. The Morgan fingerprint density at radius 3 is 2.47 bits per heavy atom. The molecule has 1 fully saturated rings. The molecule has 0 spiro atoms. The Balaban J connectivity index is 2.27. The van der Waals surface area contributed by atoms with E-state index in [9.17, 15) is 4.79 Å². The van der Waals surface area contributed by atoms with Crippen molar-refractivity contribution < 1.29 is 14.3 Å². The van der Waals surface area contributed by atoms with Gasteiger partial charge in [0.15, 0.2) is 0 Å². The van der Waals surface area contributed by atoms with Gasteiger partial charge in [0.2, 0.25) is 0 Å². The maximum atomic E-state index is 11.6. The fourth-order valence-corrected chi connectivity index (χ4v) is 2.19. The van der Waals surface area contributed by atoms with Crippen LogP contribution >= 0.6 is 0 Å². The van der Waals surface area contributed by atoms with Crippen LogP contribution < -0.4 is 9.47 Å². The van der Waals surface area contributed by atoms with Crippen molar-refractivity contribution in [3.63, 3.8) is 0 Å². The van der Waals surface area contributed by atoms with E-state index in [4.69, 9.17) is 9.47 Å². The number of Topliss-reactive ketones (excluding diaryl/α,β-unsaturated/α-hetero) is 1. The summed E-state index contributed by atoms with van der Waals surface area (Å²) in [7, 11) is 3.29. The fraction of sp³-hybridized carbons (Fsp3) is 0.500. The van der Waals surface area contributed by atoms with Crippen molar-refractivity contribution in [2.24, 2.45) is 5.41 Å². The van der Waals surface area contributed by atoms with Gasteiger partial charge in [-0.3, -0.25) is 4.79 Å². The largest absolute Gasteiger partial charge is 0.497 e. The molecule has 92 valence electrons. The molecule has 3 heteroatoms. The molecular weight excluding hydrogens is 216 g/mol. The third-order valence-corrected chi connectivity index (χ3v) is 3.62. The monoisotopic (exact) mass is 234 g/mol. The third kappa shape index (κ3) is 2.28. The molecule has 0 N–H and O–H groups in total. The summed E-state index contributed by atoms with van der Waals surface area (Å²) in [6.07, 6.45) is 2.73. The van der Waals surface area contributed by atoms with E-state index >= 15 is 0 Å². The average molecular weight is 234 g/mol. The molecule has 17 heavy (non-hydrogen) atoms. The van der Waals surface area contributed by atoms with Gasteiger partial charge in [-0.1, -0.05) is 0 Å². The van der Waals surface area contributed by atoms with Gasteiger partial charge >= 0.3 is 0 Å². The summed E-state index contributed by atoms with van der Waals surface area (Å²) < 4.78 is 10.5. The molecule has 1 saturated carbocycles. The van der Waals surface area contributed by atoms with Crippen LogP contribution in [0.25, 0.3) is 0 Å². The number of methoxy groups -OCH3 is 2. The lowest BCUT2D eigenvalue weighted by molar-refractivity contribution is -0.121. The predicted octanol–water partition coefficient (Wildman–Crippen LogP) is 2.62. The van der Waals surface area contributed by atoms with Crippen molar-refractivity contribution >= 4 is 5.78 Å². The van der Waals surface area contributed by atoms with Gasteiger partial charge in [0.25, 0.3) is 0 Å². The molecule has 0 saturated heterocycles. The average Bonchev–Trinajstić information content (AvgIpc) is 3.10. The van der Waals surface area contributed by atoms with Crippen molar-refractivity contribution in [1.82, 2.24) is 0 Å².